The molecule has 0 saturated carbocycles. The minimum Gasteiger partial charge on any atom is -0.507 e. The zero-order valence-corrected chi connectivity index (χ0v) is 40.3. The lowest BCUT2D eigenvalue weighted by Gasteiger charge is -2.30. The third-order valence-corrected chi connectivity index (χ3v) is 12.2. The fourth-order valence-corrected chi connectivity index (χ4v) is 7.82. The monoisotopic (exact) mass is 968 g/mol. The molecule has 21 nitrogen and oxygen atoms in total. The number of aliphatic hydroxyl groups excluding tert-OH is 2. The second-order valence-electron chi connectivity index (χ2n) is 17.6. The van der Waals surface area contributed by atoms with Crippen LogP contribution in [0.1, 0.15) is 121 Å². The molecule has 1 heterocycles. The van der Waals surface area contributed by atoms with Crippen LogP contribution in [-0.2, 0) is 44.8 Å². The smallest absolute Gasteiger partial charge is 0.257 e. The summed E-state index contributed by atoms with van der Waals surface area (Å²) in [6.45, 7) is 1.45. The number of carbonyl (C=O) groups excluding carboxylic acids is 8. The van der Waals surface area contributed by atoms with Crippen LogP contribution in [0.5, 0.6) is 11.5 Å². The summed E-state index contributed by atoms with van der Waals surface area (Å²) < 4.78 is 0. The van der Waals surface area contributed by atoms with Gasteiger partial charge >= 0.3 is 0 Å². The van der Waals surface area contributed by atoms with Crippen LogP contribution in [0, 0.1) is 0 Å². The molecule has 0 radical (unpaired) electrons. The summed E-state index contributed by atoms with van der Waals surface area (Å²) in [6, 6.07) is 2.53. The summed E-state index contributed by atoms with van der Waals surface area (Å²) >= 11 is 0. The number of primary amides is 1. The number of phenols is 2. The van der Waals surface area contributed by atoms with Gasteiger partial charge in [-0.25, -0.2) is 0 Å². The lowest BCUT2D eigenvalue weighted by Crippen LogP contribution is -2.59. The molecule has 13 N–H and O–H groups in total. The molecule has 382 valence electrons. The van der Waals surface area contributed by atoms with E-state index in [0.717, 1.165) is 35.5 Å². The molecule has 0 aliphatic carbocycles. The molecule has 0 aromatic heterocycles. The maximum absolute atomic E-state index is 14.1. The Morgan fingerprint density at radius 1 is 0.768 bits per heavy atom. The van der Waals surface area contributed by atoms with Crippen LogP contribution in [0.4, 0.5) is 0 Å². The van der Waals surface area contributed by atoms with Crippen LogP contribution in [0.2, 0.25) is 0 Å². The normalized spacial score (nSPS) is 17.2. The number of likely N-dealkylation sites (N-methyl/N-ethyl adjacent to an activating group) is 2. The van der Waals surface area contributed by atoms with Crippen molar-refractivity contribution >= 4 is 47.3 Å². The zero-order valence-electron chi connectivity index (χ0n) is 40.3. The van der Waals surface area contributed by atoms with Crippen LogP contribution >= 0.6 is 0 Å². The minimum absolute atomic E-state index is 0.0216. The van der Waals surface area contributed by atoms with E-state index in [1.165, 1.54) is 109 Å². The number of nitrogens with two attached hydrogens (primary N) is 2. The van der Waals surface area contributed by atoms with Gasteiger partial charge < -0.3 is 68.3 Å². The molecule has 0 spiro atoms. The molecule has 1 aliphatic heterocycles. The number of nitrogens with one attached hydrogen (secondary N) is 5. The maximum Gasteiger partial charge on any atom is 0.257 e. The number of nitrogens with zero attached hydrogens (tertiary/aromatic N) is 2. The molecule has 8 amide bonds. The molecule has 0 fully saturated rings. The average Bonchev–Trinajstić information content (AvgIpc) is 3.31. The lowest BCUT2D eigenvalue weighted by atomic mass is 9.93. The number of unbranched alkanes of at least 4 members (excludes halogenated alkanes) is 12. The molecule has 2 aromatic carbocycles. The Hall–Kier alpha value is -6.32. The maximum atomic E-state index is 14.1. The first-order valence-electron chi connectivity index (χ1n) is 23.8. The number of benzene rings is 2. The highest BCUT2D eigenvalue weighted by Gasteiger charge is 2.34. The number of fused-ring (bicyclic) bond motifs is 5. The molecule has 3 rings (SSSR count). The van der Waals surface area contributed by atoms with E-state index in [1.54, 1.807) is 0 Å². The molecule has 1 aliphatic rings. The zero-order chi connectivity index (χ0) is 51.2. The molecule has 2 unspecified atom stereocenters. The highest BCUT2D eigenvalue weighted by Crippen LogP contribution is 2.38. The number of hydrogen-bond donors (Lipinski definition) is 11. The van der Waals surface area contributed by atoms with Crippen LogP contribution < -0.4 is 38.1 Å². The van der Waals surface area contributed by atoms with Gasteiger partial charge in [0.15, 0.2) is 6.17 Å². The molecule has 4 bridgehead atoms. The first-order chi connectivity index (χ1) is 32.8. The second kappa shape index (κ2) is 28.9. The van der Waals surface area contributed by atoms with Crippen LogP contribution in [-0.4, -0.2) is 142 Å². The summed E-state index contributed by atoms with van der Waals surface area (Å²) in [5, 5.41) is 53.7. The van der Waals surface area contributed by atoms with E-state index < -0.39 is 97.5 Å². The molecule has 21 heteroatoms. The van der Waals surface area contributed by atoms with Gasteiger partial charge in [-0.15, -0.1) is 0 Å². The van der Waals surface area contributed by atoms with Crippen LogP contribution in [0.15, 0.2) is 36.4 Å². The number of hydrogen-bond acceptors (Lipinski definition) is 13. The van der Waals surface area contributed by atoms with E-state index >= 15 is 0 Å². The van der Waals surface area contributed by atoms with Crippen molar-refractivity contribution in [3.8, 4) is 22.6 Å². The Bertz CT molecular complexity index is 2090. The van der Waals surface area contributed by atoms with Gasteiger partial charge in [-0.1, -0.05) is 96.1 Å². The standard InChI is InChI=1S/C48H73N9O12/c1-5-6-7-8-9-10-11-12-13-14-15-16-17-18-39(62)56(3)35(28-58)46(67)55-42(49)48(69)52-27-40(63)57(4)41-31-20-22-37(60)33(25-31)32-23-30(19-21-36(32)59)24-34(45(66)51-26-38(61)43(50)64)54-44(65)29(2)53-47(41)68/h19-23,25,29,34-35,38,41-42,58-61H,5-18,24,26-28,49H2,1-4H3,(H2,50,64)(H,51,66)(H,52,69)(H,53,68)(H,54,65)(H,55,67)/t29-,34?,35+,38?,41-,42-/m0/s1. The molecular weight excluding hydrogens is 895 g/mol. The number of carbonyl (C=O) groups is 8. The fraction of sp³-hybridized carbons (Fsp3) is 0.583. The molecule has 6 atom stereocenters. The van der Waals surface area contributed by atoms with E-state index in [9.17, 15) is 58.8 Å². The number of amides is 8. The molecule has 0 saturated heterocycles. The predicted molar refractivity (Wildman–Crippen MR) is 255 cm³/mol. The molecular formula is C48H73N9O12. The third-order valence-electron chi connectivity index (χ3n) is 12.2. The van der Waals surface area contributed by atoms with E-state index in [1.807, 2.05) is 0 Å². The summed E-state index contributed by atoms with van der Waals surface area (Å²) in [5.41, 5.74) is 11.6. The van der Waals surface area contributed by atoms with Gasteiger partial charge in [-0.3, -0.25) is 38.4 Å². The Balaban J connectivity index is 1.65. The van der Waals surface area contributed by atoms with E-state index in [0.29, 0.717) is 12.0 Å². The Morgan fingerprint density at radius 3 is 1.91 bits per heavy atom. The van der Waals surface area contributed by atoms with E-state index in [2.05, 4.69) is 33.5 Å². The van der Waals surface area contributed by atoms with Crippen molar-refractivity contribution in [1.29, 1.82) is 0 Å². The summed E-state index contributed by atoms with van der Waals surface area (Å²) in [5.74, 6) is -7.48. The van der Waals surface area contributed by atoms with Crippen LogP contribution in [0.3, 0.4) is 0 Å². The van der Waals surface area contributed by atoms with Gasteiger partial charge in [0.2, 0.25) is 41.4 Å². The van der Waals surface area contributed by atoms with Gasteiger partial charge in [0, 0.05) is 38.1 Å². The highest BCUT2D eigenvalue weighted by atomic mass is 16.3. The van der Waals surface area contributed by atoms with Gasteiger partial charge in [0.25, 0.3) is 5.91 Å². The van der Waals surface area contributed by atoms with Gasteiger partial charge in [0.1, 0.15) is 41.8 Å². The van der Waals surface area contributed by atoms with Crippen molar-refractivity contribution in [2.24, 2.45) is 11.5 Å². The third kappa shape index (κ3) is 17.9. The van der Waals surface area contributed by atoms with Crippen molar-refractivity contribution in [3.63, 3.8) is 0 Å². The Kier molecular flexibility index (Phi) is 23.9. The molecule has 2 aromatic rings. The van der Waals surface area contributed by atoms with Crippen molar-refractivity contribution in [1.82, 2.24) is 36.4 Å². The Labute approximate surface area is 403 Å². The highest BCUT2D eigenvalue weighted by molar-refractivity contribution is 5.97. The van der Waals surface area contributed by atoms with E-state index in [4.69, 9.17) is 11.5 Å². The van der Waals surface area contributed by atoms with Crippen molar-refractivity contribution in [2.45, 2.75) is 147 Å². The number of aromatic hydroxyl groups is 2. The van der Waals surface area contributed by atoms with Crippen molar-refractivity contribution in [2.75, 3.05) is 33.8 Å². The topological polar surface area (TPSA) is 336 Å². The molecule has 69 heavy (non-hydrogen) atoms. The van der Waals surface area contributed by atoms with Gasteiger partial charge in [0.05, 0.1) is 19.7 Å². The number of rotatable bonds is 26. The quantitative estimate of drug-likeness (QED) is 0.0455. The predicted octanol–water partition coefficient (Wildman–Crippen LogP) is 0.590. The van der Waals surface area contributed by atoms with Gasteiger partial charge in [-0.2, -0.15) is 0 Å². The van der Waals surface area contributed by atoms with E-state index in [-0.39, 0.29) is 46.9 Å². The first kappa shape index (κ1) is 57.0. The number of phenolic OH excluding ortho intramolecular Hbond substituents is 2. The van der Waals surface area contributed by atoms with Crippen molar-refractivity contribution in [3.05, 3.63) is 47.5 Å². The Morgan fingerprint density at radius 2 is 1.33 bits per heavy atom. The van der Waals surface area contributed by atoms with Gasteiger partial charge in [-0.05, 0) is 48.7 Å². The largest absolute Gasteiger partial charge is 0.507 e. The lowest BCUT2D eigenvalue weighted by molar-refractivity contribution is -0.142. The SMILES string of the molecule is CCCCCCCCCCCCCCCC(=O)N(C)[C@H](CO)C(=O)N[C@H](N)C(=O)NCC(=O)N(C)[C@@H]1C(=O)N[C@@H](C)C(=O)NC(C(=O)NCC(O)C(N)=O)Cc2ccc(O)c(c2)-c2cc1ccc2O. The fourth-order valence-electron chi connectivity index (χ4n) is 7.82. The first-order valence-corrected chi connectivity index (χ1v) is 23.8. The minimum atomic E-state index is -1.73. The summed E-state index contributed by atoms with van der Waals surface area (Å²) in [6.07, 6.45) is 11.4. The second-order valence-corrected chi connectivity index (χ2v) is 17.6. The van der Waals surface area contributed by atoms with Crippen LogP contribution in [0.25, 0.3) is 11.1 Å². The van der Waals surface area contributed by atoms with Crippen molar-refractivity contribution < 1.29 is 58.8 Å². The summed E-state index contributed by atoms with van der Waals surface area (Å²) in [7, 11) is 2.60. The summed E-state index contributed by atoms with van der Waals surface area (Å²) in [4.78, 5) is 107. The number of aliphatic hydroxyl groups is 2. The average molecular weight is 968 g/mol.